The Balaban J connectivity index is 1.39. The molecule has 1 unspecified atom stereocenters. The van der Waals surface area contributed by atoms with Crippen molar-refractivity contribution in [2.45, 2.75) is 57.8 Å². The van der Waals surface area contributed by atoms with E-state index in [2.05, 4.69) is 63.0 Å². The maximum absolute atomic E-state index is 9.72. The van der Waals surface area contributed by atoms with Crippen molar-refractivity contribution in [1.29, 1.82) is 0 Å². The first-order valence-corrected chi connectivity index (χ1v) is 11.6. The second-order valence-corrected chi connectivity index (χ2v) is 9.14. The highest BCUT2D eigenvalue weighted by molar-refractivity contribution is 5.62. The van der Waals surface area contributed by atoms with Gasteiger partial charge >= 0.3 is 0 Å². The highest BCUT2D eigenvalue weighted by Gasteiger charge is 2.34. The van der Waals surface area contributed by atoms with Crippen LogP contribution in [0.3, 0.4) is 0 Å². The van der Waals surface area contributed by atoms with Crippen molar-refractivity contribution in [2.24, 2.45) is 0 Å². The Morgan fingerprint density at radius 3 is 2.57 bits per heavy atom. The predicted molar refractivity (Wildman–Crippen MR) is 121 cm³/mol. The van der Waals surface area contributed by atoms with Crippen LogP contribution in [0.15, 0.2) is 36.5 Å². The van der Waals surface area contributed by atoms with Gasteiger partial charge in [0.1, 0.15) is 0 Å². The molecule has 0 spiro atoms. The number of nitrogens with zero attached hydrogens (tertiary/aromatic N) is 4. The number of aromatic amines is 1. The van der Waals surface area contributed by atoms with E-state index in [1.807, 2.05) is 12.3 Å². The molecule has 6 nitrogen and oxygen atoms in total. The molecule has 0 saturated carbocycles. The molecule has 164 valence electrons. The lowest BCUT2D eigenvalue weighted by Crippen LogP contribution is -2.58. The average molecular weight is 412 g/mol. The standard InChI is InChI=1S/C24H37N5O/c1-19(2)28-11-8-22(9-12-28)29-14-13-27(18-23(29)10-15-30)17-21-16-25-26-24(21)20-6-4-3-5-7-20/h3-7,16,19,22-23,30H,8-15,17-18H2,1-2H3,(H,25,26). The number of nitrogens with one attached hydrogen (secondary N) is 1. The summed E-state index contributed by atoms with van der Waals surface area (Å²) in [5.41, 5.74) is 3.56. The Bertz CT molecular complexity index is 769. The van der Waals surface area contributed by atoms with Crippen molar-refractivity contribution < 1.29 is 5.11 Å². The molecule has 6 heteroatoms. The zero-order chi connectivity index (χ0) is 20.9. The summed E-state index contributed by atoms with van der Waals surface area (Å²) in [5, 5.41) is 17.2. The lowest BCUT2D eigenvalue weighted by atomic mass is 9.97. The van der Waals surface area contributed by atoms with Crippen LogP contribution in [-0.4, -0.2) is 87.5 Å². The monoisotopic (exact) mass is 411 g/mol. The highest BCUT2D eigenvalue weighted by atomic mass is 16.3. The van der Waals surface area contributed by atoms with Gasteiger partial charge in [0.25, 0.3) is 0 Å². The summed E-state index contributed by atoms with van der Waals surface area (Å²) >= 11 is 0. The van der Waals surface area contributed by atoms with E-state index in [4.69, 9.17) is 0 Å². The third-order valence-electron chi connectivity index (χ3n) is 6.95. The first-order chi connectivity index (χ1) is 14.7. The van der Waals surface area contributed by atoms with Crippen LogP contribution in [0.1, 0.15) is 38.7 Å². The Labute approximate surface area is 180 Å². The lowest BCUT2D eigenvalue weighted by molar-refractivity contribution is 0.00000986. The number of H-pyrrole nitrogens is 1. The molecule has 2 fully saturated rings. The minimum absolute atomic E-state index is 0.265. The summed E-state index contributed by atoms with van der Waals surface area (Å²) in [6.45, 7) is 11.4. The smallest absolute Gasteiger partial charge is 0.0695 e. The first-order valence-electron chi connectivity index (χ1n) is 11.6. The summed E-state index contributed by atoms with van der Waals surface area (Å²) in [7, 11) is 0. The van der Waals surface area contributed by atoms with Crippen LogP contribution in [0.2, 0.25) is 0 Å². The molecule has 0 aliphatic carbocycles. The van der Waals surface area contributed by atoms with Gasteiger partial charge in [0.2, 0.25) is 0 Å². The number of hydrogen-bond donors (Lipinski definition) is 2. The fraction of sp³-hybridized carbons (Fsp3) is 0.625. The third-order valence-corrected chi connectivity index (χ3v) is 6.95. The number of piperidine rings is 1. The number of piperazine rings is 1. The Morgan fingerprint density at radius 2 is 1.87 bits per heavy atom. The molecule has 1 aromatic heterocycles. The van der Waals surface area contributed by atoms with Crippen molar-refractivity contribution in [1.82, 2.24) is 24.9 Å². The van der Waals surface area contributed by atoms with Crippen molar-refractivity contribution >= 4 is 0 Å². The number of aliphatic hydroxyl groups excluding tert-OH is 1. The van der Waals surface area contributed by atoms with E-state index in [0.29, 0.717) is 18.1 Å². The van der Waals surface area contributed by atoms with Gasteiger partial charge in [-0.1, -0.05) is 30.3 Å². The molecular weight excluding hydrogens is 374 g/mol. The van der Waals surface area contributed by atoms with Gasteiger partial charge < -0.3 is 10.0 Å². The minimum Gasteiger partial charge on any atom is -0.396 e. The van der Waals surface area contributed by atoms with Gasteiger partial charge in [0.15, 0.2) is 0 Å². The molecule has 3 heterocycles. The quantitative estimate of drug-likeness (QED) is 0.734. The van der Waals surface area contributed by atoms with Gasteiger partial charge in [0.05, 0.1) is 11.9 Å². The van der Waals surface area contributed by atoms with Crippen LogP contribution < -0.4 is 0 Å². The number of aromatic nitrogens is 2. The third kappa shape index (κ3) is 4.94. The number of rotatable bonds is 7. The molecule has 1 aromatic carbocycles. The van der Waals surface area contributed by atoms with E-state index < -0.39 is 0 Å². The van der Waals surface area contributed by atoms with E-state index in [1.165, 1.54) is 37.1 Å². The van der Waals surface area contributed by atoms with Gasteiger partial charge in [-0.25, -0.2) is 0 Å². The van der Waals surface area contributed by atoms with Crippen molar-refractivity contribution in [3.05, 3.63) is 42.1 Å². The number of hydrogen-bond acceptors (Lipinski definition) is 5. The fourth-order valence-electron chi connectivity index (χ4n) is 5.22. The van der Waals surface area contributed by atoms with E-state index in [-0.39, 0.29) is 6.61 Å². The number of likely N-dealkylation sites (tertiary alicyclic amines) is 1. The summed E-state index contributed by atoms with van der Waals surface area (Å²) < 4.78 is 0. The van der Waals surface area contributed by atoms with Crippen LogP contribution >= 0.6 is 0 Å². The zero-order valence-corrected chi connectivity index (χ0v) is 18.5. The van der Waals surface area contributed by atoms with Crippen LogP contribution in [-0.2, 0) is 6.54 Å². The number of aliphatic hydroxyl groups is 1. The molecule has 30 heavy (non-hydrogen) atoms. The van der Waals surface area contributed by atoms with Crippen molar-refractivity contribution in [2.75, 3.05) is 39.3 Å². The van der Waals surface area contributed by atoms with Crippen molar-refractivity contribution in [3.63, 3.8) is 0 Å². The largest absolute Gasteiger partial charge is 0.396 e. The van der Waals surface area contributed by atoms with Crippen LogP contribution in [0.25, 0.3) is 11.3 Å². The molecular formula is C24H37N5O. The predicted octanol–water partition coefficient (Wildman–Crippen LogP) is 2.82. The first kappa shape index (κ1) is 21.5. The van der Waals surface area contributed by atoms with Crippen LogP contribution in [0.4, 0.5) is 0 Å². The summed E-state index contributed by atoms with van der Waals surface area (Å²) in [6.07, 6.45) is 5.33. The van der Waals surface area contributed by atoms with Gasteiger partial charge in [-0.2, -0.15) is 5.10 Å². The Morgan fingerprint density at radius 1 is 1.10 bits per heavy atom. The molecule has 4 rings (SSSR count). The number of benzene rings is 1. The van der Waals surface area contributed by atoms with E-state index >= 15 is 0 Å². The Kier molecular flexibility index (Phi) is 7.20. The molecule has 2 aliphatic heterocycles. The molecule has 0 amide bonds. The van der Waals surface area contributed by atoms with E-state index in [1.54, 1.807) is 0 Å². The van der Waals surface area contributed by atoms with Gasteiger partial charge in [-0.05, 0) is 51.8 Å². The van der Waals surface area contributed by atoms with Gasteiger partial charge in [-0.15, -0.1) is 0 Å². The second-order valence-electron chi connectivity index (χ2n) is 9.14. The normalized spacial score (nSPS) is 22.7. The summed E-state index contributed by atoms with van der Waals surface area (Å²) in [6, 6.07) is 12.2. The van der Waals surface area contributed by atoms with Gasteiger partial charge in [0, 0.05) is 56.5 Å². The SMILES string of the molecule is CC(C)N1CCC(N2CCN(Cc3cn[nH]c3-c3ccccc3)CC2CCO)CC1. The topological polar surface area (TPSA) is 58.6 Å². The molecule has 2 saturated heterocycles. The summed E-state index contributed by atoms with van der Waals surface area (Å²) in [5.74, 6) is 0. The maximum atomic E-state index is 9.72. The fourth-order valence-corrected chi connectivity index (χ4v) is 5.22. The maximum Gasteiger partial charge on any atom is 0.0695 e. The van der Waals surface area contributed by atoms with Crippen LogP contribution in [0, 0.1) is 0 Å². The molecule has 2 aromatic rings. The molecule has 1 atom stereocenters. The van der Waals surface area contributed by atoms with E-state index in [0.717, 1.165) is 38.3 Å². The summed E-state index contributed by atoms with van der Waals surface area (Å²) in [4.78, 5) is 7.84. The molecule has 2 aliphatic rings. The lowest BCUT2D eigenvalue weighted by Gasteiger charge is -2.48. The average Bonchev–Trinajstić information content (AvgIpc) is 3.23. The highest BCUT2D eigenvalue weighted by Crippen LogP contribution is 2.27. The zero-order valence-electron chi connectivity index (χ0n) is 18.5. The molecule has 0 bridgehead atoms. The second kappa shape index (κ2) is 10.1. The van der Waals surface area contributed by atoms with Crippen molar-refractivity contribution in [3.8, 4) is 11.3 Å². The molecule has 2 N–H and O–H groups in total. The minimum atomic E-state index is 0.265. The van der Waals surface area contributed by atoms with E-state index in [9.17, 15) is 5.11 Å². The van der Waals surface area contributed by atoms with Crippen LogP contribution in [0.5, 0.6) is 0 Å². The van der Waals surface area contributed by atoms with Gasteiger partial charge in [-0.3, -0.25) is 14.9 Å². The Hall–Kier alpha value is -1.73. The molecule has 0 radical (unpaired) electrons.